The molecule has 2 fully saturated rings. The molecule has 169 valence electrons. The van der Waals surface area contributed by atoms with E-state index >= 15 is 0 Å². The smallest absolute Gasteiger partial charge is 0.239 e. The van der Waals surface area contributed by atoms with Crippen molar-refractivity contribution in [2.24, 2.45) is 11.7 Å². The Labute approximate surface area is 194 Å². The molecular weight excluding hydrogens is 424 g/mol. The maximum atomic E-state index is 12.7. The maximum absolute atomic E-state index is 12.7. The van der Waals surface area contributed by atoms with Crippen LogP contribution in [-0.2, 0) is 16.0 Å². The van der Waals surface area contributed by atoms with Gasteiger partial charge in [0.05, 0.1) is 6.42 Å². The van der Waals surface area contributed by atoms with Crippen LogP contribution >= 0.6 is 11.6 Å². The van der Waals surface area contributed by atoms with Crippen LogP contribution in [0.4, 0.5) is 5.69 Å². The summed E-state index contributed by atoms with van der Waals surface area (Å²) >= 11 is 5.92. The number of amides is 2. The molecule has 6 nitrogen and oxygen atoms in total. The Morgan fingerprint density at radius 3 is 2.41 bits per heavy atom. The Balaban J connectivity index is 1.35. The molecule has 1 radical (unpaired) electrons. The summed E-state index contributed by atoms with van der Waals surface area (Å²) < 4.78 is 0. The third-order valence-corrected chi connectivity index (χ3v) is 6.45. The van der Waals surface area contributed by atoms with Crippen LogP contribution in [0.15, 0.2) is 48.5 Å². The Morgan fingerprint density at radius 2 is 1.75 bits per heavy atom. The van der Waals surface area contributed by atoms with E-state index in [1.54, 1.807) is 6.42 Å². The number of nitrogens with zero attached hydrogens (tertiary/aromatic N) is 2. The predicted octanol–water partition coefficient (Wildman–Crippen LogP) is 2.96. The highest BCUT2D eigenvalue weighted by Gasteiger charge is 2.28. The molecule has 1 saturated carbocycles. The van der Waals surface area contributed by atoms with E-state index in [0.29, 0.717) is 43.5 Å². The largest absolute Gasteiger partial charge is 0.368 e. The van der Waals surface area contributed by atoms with Gasteiger partial charge >= 0.3 is 0 Å². The summed E-state index contributed by atoms with van der Waals surface area (Å²) in [5.74, 6) is 0.348. The lowest BCUT2D eigenvalue weighted by Gasteiger charge is -2.37. The number of hydrogen-bond donors (Lipinski definition) is 2. The molecule has 1 heterocycles. The number of rotatable bonds is 9. The topological polar surface area (TPSA) is 78.7 Å². The lowest BCUT2D eigenvalue weighted by Crippen LogP contribution is -2.49. The van der Waals surface area contributed by atoms with E-state index in [0.717, 1.165) is 23.4 Å². The summed E-state index contributed by atoms with van der Waals surface area (Å²) in [4.78, 5) is 29.0. The fourth-order valence-electron chi connectivity index (χ4n) is 4.11. The second-order valence-electron chi connectivity index (χ2n) is 8.59. The molecule has 0 aromatic heterocycles. The van der Waals surface area contributed by atoms with Gasteiger partial charge in [-0.3, -0.25) is 9.59 Å². The van der Waals surface area contributed by atoms with Crippen LogP contribution in [0.2, 0.25) is 5.02 Å². The number of para-hydroxylation sites is 1. The van der Waals surface area contributed by atoms with E-state index in [4.69, 9.17) is 17.3 Å². The van der Waals surface area contributed by atoms with E-state index in [1.165, 1.54) is 12.8 Å². The Bertz CT molecular complexity index is 937. The molecule has 1 aliphatic heterocycles. The average Bonchev–Trinajstić information content (AvgIpc) is 3.63. The summed E-state index contributed by atoms with van der Waals surface area (Å²) in [6, 6.07) is 15.0. The van der Waals surface area contributed by atoms with Crippen molar-refractivity contribution < 1.29 is 9.59 Å². The number of nitrogens with one attached hydrogen (secondary N) is 1. The summed E-state index contributed by atoms with van der Waals surface area (Å²) in [6.07, 6.45) is 4.75. The third kappa shape index (κ3) is 5.81. The van der Waals surface area contributed by atoms with Crippen LogP contribution in [0, 0.1) is 12.3 Å². The number of primary amides is 1. The number of anilines is 1. The summed E-state index contributed by atoms with van der Waals surface area (Å²) in [7, 11) is 0. The molecule has 1 aliphatic carbocycles. The fraction of sp³-hybridized carbons (Fsp3) is 0.400. The molecule has 2 aromatic carbocycles. The number of nitrogens with two attached hydrogens (primary N) is 1. The minimum Gasteiger partial charge on any atom is -0.368 e. The number of benzene rings is 2. The molecule has 3 N–H and O–H groups in total. The predicted molar refractivity (Wildman–Crippen MR) is 127 cm³/mol. The molecule has 2 aromatic rings. The number of piperazine rings is 1. The summed E-state index contributed by atoms with van der Waals surface area (Å²) in [6.45, 7) is 3.52. The zero-order chi connectivity index (χ0) is 22.5. The molecule has 1 unspecified atom stereocenters. The highest BCUT2D eigenvalue weighted by Crippen LogP contribution is 2.31. The number of halogens is 1. The third-order valence-electron chi connectivity index (χ3n) is 6.20. The van der Waals surface area contributed by atoms with E-state index in [-0.39, 0.29) is 11.8 Å². The van der Waals surface area contributed by atoms with Crippen molar-refractivity contribution in [3.05, 3.63) is 71.1 Å². The molecule has 0 spiro atoms. The van der Waals surface area contributed by atoms with Gasteiger partial charge < -0.3 is 20.9 Å². The number of carbonyl (C=O) groups is 2. The monoisotopic (exact) mass is 453 g/mol. The Kier molecular flexibility index (Phi) is 7.33. The fourth-order valence-corrected chi connectivity index (χ4v) is 4.24. The molecule has 1 saturated heterocycles. The van der Waals surface area contributed by atoms with Gasteiger partial charge in [0.25, 0.3) is 0 Å². The van der Waals surface area contributed by atoms with Crippen molar-refractivity contribution in [3.8, 4) is 0 Å². The number of carbonyl (C=O) groups excluding carboxylic acids is 2. The minimum atomic E-state index is -0.501. The van der Waals surface area contributed by atoms with Crippen molar-refractivity contribution in [2.45, 2.75) is 25.3 Å². The van der Waals surface area contributed by atoms with E-state index in [2.05, 4.69) is 10.2 Å². The van der Waals surface area contributed by atoms with Crippen LogP contribution < -0.4 is 16.0 Å². The summed E-state index contributed by atoms with van der Waals surface area (Å²) in [5, 5.41) is 4.05. The van der Waals surface area contributed by atoms with Crippen molar-refractivity contribution in [2.75, 3.05) is 37.6 Å². The molecule has 2 aliphatic rings. The van der Waals surface area contributed by atoms with Gasteiger partial charge in [-0.1, -0.05) is 41.9 Å². The molecular formula is C25H30ClN4O2. The average molecular weight is 454 g/mol. The SMILES string of the molecule is NC(=O)C(NCC1CC1)c1ccccc1N1CCN(C(=O)[CH]Cc2ccc(Cl)cc2)CC1. The van der Waals surface area contributed by atoms with Crippen molar-refractivity contribution in [1.29, 1.82) is 0 Å². The molecule has 4 rings (SSSR count). The van der Waals surface area contributed by atoms with E-state index in [1.807, 2.05) is 53.4 Å². The first-order chi connectivity index (χ1) is 15.5. The first-order valence-corrected chi connectivity index (χ1v) is 11.6. The van der Waals surface area contributed by atoms with Gasteiger partial charge in [0.15, 0.2) is 0 Å². The highest BCUT2D eigenvalue weighted by atomic mass is 35.5. The van der Waals surface area contributed by atoms with Crippen molar-refractivity contribution in [3.63, 3.8) is 0 Å². The van der Waals surface area contributed by atoms with E-state index in [9.17, 15) is 9.59 Å². The lowest BCUT2D eigenvalue weighted by atomic mass is 10.0. The Hall–Kier alpha value is -2.57. The van der Waals surface area contributed by atoms with E-state index < -0.39 is 6.04 Å². The molecule has 7 heteroatoms. The van der Waals surface area contributed by atoms with Crippen LogP contribution in [0.3, 0.4) is 0 Å². The van der Waals surface area contributed by atoms with Crippen LogP contribution in [0.5, 0.6) is 0 Å². The van der Waals surface area contributed by atoms with Crippen LogP contribution in [0.25, 0.3) is 0 Å². The number of hydrogen-bond acceptors (Lipinski definition) is 4. The van der Waals surface area contributed by atoms with Gasteiger partial charge in [-0.2, -0.15) is 0 Å². The van der Waals surface area contributed by atoms with Gasteiger partial charge in [-0.15, -0.1) is 0 Å². The van der Waals surface area contributed by atoms with Crippen LogP contribution in [0.1, 0.15) is 30.0 Å². The molecule has 32 heavy (non-hydrogen) atoms. The Morgan fingerprint density at radius 1 is 1.06 bits per heavy atom. The standard InChI is InChI=1S/C25H30ClN4O2/c26-20-10-7-18(8-11-20)9-12-23(31)30-15-13-29(14-16-30)22-4-2-1-3-21(22)24(25(27)32)28-17-19-5-6-19/h1-4,7-8,10-12,19,24,28H,5-6,9,13-17H2,(H2,27,32). The minimum absolute atomic E-state index is 0.0500. The van der Waals surface area contributed by atoms with Gasteiger partial charge in [0.2, 0.25) is 11.8 Å². The molecule has 2 amide bonds. The summed E-state index contributed by atoms with van der Waals surface area (Å²) in [5.41, 5.74) is 8.73. The van der Waals surface area contributed by atoms with Gasteiger partial charge in [-0.05, 0) is 55.5 Å². The van der Waals surface area contributed by atoms with Gasteiger partial charge in [0, 0.05) is 42.5 Å². The zero-order valence-corrected chi connectivity index (χ0v) is 18.9. The first-order valence-electron chi connectivity index (χ1n) is 11.2. The van der Waals surface area contributed by atoms with Crippen molar-refractivity contribution >= 4 is 29.1 Å². The highest BCUT2D eigenvalue weighted by molar-refractivity contribution is 6.30. The van der Waals surface area contributed by atoms with Gasteiger partial charge in [0.1, 0.15) is 6.04 Å². The zero-order valence-electron chi connectivity index (χ0n) is 18.2. The molecule has 0 bridgehead atoms. The quantitative estimate of drug-likeness (QED) is 0.611. The second kappa shape index (κ2) is 10.4. The first kappa shape index (κ1) is 22.6. The van der Waals surface area contributed by atoms with Gasteiger partial charge in [-0.25, -0.2) is 0 Å². The normalized spacial score (nSPS) is 17.3. The maximum Gasteiger partial charge on any atom is 0.239 e. The molecule has 1 atom stereocenters. The van der Waals surface area contributed by atoms with Crippen molar-refractivity contribution in [1.82, 2.24) is 10.2 Å². The second-order valence-corrected chi connectivity index (χ2v) is 9.03. The lowest BCUT2D eigenvalue weighted by molar-refractivity contribution is -0.128. The van der Waals surface area contributed by atoms with Crippen LogP contribution in [-0.4, -0.2) is 49.4 Å².